The molecule has 11 heteroatoms. The van der Waals surface area contributed by atoms with E-state index in [1.165, 1.54) is 11.3 Å². The molecule has 0 saturated heterocycles. The number of nitrogen functional groups attached to an aromatic ring is 1. The lowest BCUT2D eigenvalue weighted by Crippen LogP contribution is -2.15. The number of nitrogens with zero attached hydrogens (tertiary/aromatic N) is 4. The number of carbonyl (C=O) groups is 1. The zero-order valence-corrected chi connectivity index (χ0v) is 20.4. The smallest absolute Gasteiger partial charge is 0.209 e. The summed E-state index contributed by atoms with van der Waals surface area (Å²) in [5.41, 5.74) is 8.19. The van der Waals surface area contributed by atoms with Gasteiger partial charge < -0.3 is 11.1 Å². The maximum atomic E-state index is 12.5. The summed E-state index contributed by atoms with van der Waals surface area (Å²) in [5, 5.41) is 5.27. The van der Waals surface area contributed by atoms with Gasteiger partial charge in [-0.3, -0.25) is 9.20 Å². The van der Waals surface area contributed by atoms with Crippen LogP contribution in [0.5, 0.6) is 0 Å². The van der Waals surface area contributed by atoms with Gasteiger partial charge in [-0.1, -0.05) is 23.2 Å². The van der Waals surface area contributed by atoms with Gasteiger partial charge in [-0.15, -0.1) is 22.9 Å². The molecule has 1 saturated carbocycles. The Kier molecular flexibility index (Phi) is 5.95. The highest BCUT2D eigenvalue weighted by atomic mass is 35.5. The summed E-state index contributed by atoms with van der Waals surface area (Å²) in [6.07, 6.45) is 6.41. The minimum Gasteiger partial charge on any atom is -0.382 e. The molecular weight excluding hydrogens is 503 g/mol. The number of imidazole rings is 1. The maximum absolute atomic E-state index is 12.5. The van der Waals surface area contributed by atoms with Crippen molar-refractivity contribution in [1.29, 1.82) is 0 Å². The van der Waals surface area contributed by atoms with E-state index in [2.05, 4.69) is 15.3 Å². The van der Waals surface area contributed by atoms with Crippen LogP contribution >= 0.6 is 46.1 Å². The first-order valence-corrected chi connectivity index (χ1v) is 12.3. The fraction of sp³-hybridized carbons (Fsp3) is 0.273. The molecule has 5 rings (SSSR count). The Morgan fingerprint density at radius 2 is 2.06 bits per heavy atom. The average molecular weight is 522 g/mol. The number of aryl methyl sites for hydroxylation is 1. The summed E-state index contributed by atoms with van der Waals surface area (Å²) < 4.78 is 1.88. The van der Waals surface area contributed by atoms with Crippen molar-refractivity contribution in [1.82, 2.24) is 19.4 Å². The fourth-order valence-electron chi connectivity index (χ4n) is 3.51. The van der Waals surface area contributed by atoms with E-state index in [1.54, 1.807) is 18.3 Å². The summed E-state index contributed by atoms with van der Waals surface area (Å²) >= 11 is 20.0. The molecule has 3 N–H and O–H groups in total. The molecule has 0 spiro atoms. The Hall–Kier alpha value is -2.39. The number of Topliss-reactive ketones (excluding diaryl/α,β-unsaturated/α-hetero) is 1. The lowest BCUT2D eigenvalue weighted by Gasteiger charge is -2.11. The zero-order chi connectivity index (χ0) is 23.2. The van der Waals surface area contributed by atoms with E-state index in [-0.39, 0.29) is 11.6 Å². The number of anilines is 2. The second-order valence-electron chi connectivity index (χ2n) is 7.89. The molecule has 0 aliphatic heterocycles. The Balaban J connectivity index is 1.28. The van der Waals surface area contributed by atoms with Crippen LogP contribution in [0.2, 0.25) is 10.0 Å². The number of ketones is 1. The van der Waals surface area contributed by atoms with Gasteiger partial charge in [-0.25, -0.2) is 15.0 Å². The van der Waals surface area contributed by atoms with E-state index in [0.717, 1.165) is 22.6 Å². The molecule has 0 atom stereocenters. The lowest BCUT2D eigenvalue weighted by atomic mass is 10.1. The quantitative estimate of drug-likeness (QED) is 0.174. The van der Waals surface area contributed by atoms with Gasteiger partial charge in [0.2, 0.25) is 5.95 Å². The number of aromatic nitrogens is 4. The normalized spacial score (nSPS) is 14.5. The van der Waals surface area contributed by atoms with Crippen molar-refractivity contribution < 1.29 is 4.79 Å². The van der Waals surface area contributed by atoms with Crippen molar-refractivity contribution in [3.05, 3.63) is 56.6 Å². The Labute approximate surface area is 208 Å². The van der Waals surface area contributed by atoms with E-state index >= 15 is 0 Å². The van der Waals surface area contributed by atoms with Crippen LogP contribution in [-0.4, -0.2) is 36.6 Å². The first-order valence-electron chi connectivity index (χ1n) is 10.4. The van der Waals surface area contributed by atoms with Crippen molar-refractivity contribution in [2.75, 3.05) is 17.6 Å². The van der Waals surface area contributed by atoms with Gasteiger partial charge in [0.15, 0.2) is 5.78 Å². The van der Waals surface area contributed by atoms with Crippen LogP contribution in [0.1, 0.15) is 33.9 Å². The van der Waals surface area contributed by atoms with Crippen LogP contribution in [0, 0.1) is 0 Å². The van der Waals surface area contributed by atoms with Crippen molar-refractivity contribution in [3.8, 4) is 11.3 Å². The summed E-state index contributed by atoms with van der Waals surface area (Å²) in [5.74, 6) is 0.820. The van der Waals surface area contributed by atoms with Crippen LogP contribution in [-0.2, 0) is 6.42 Å². The molecule has 0 bridgehead atoms. The maximum Gasteiger partial charge on any atom is 0.209 e. The third-order valence-corrected chi connectivity index (χ3v) is 7.67. The molecular formula is C22H19Cl3N6OS. The molecule has 0 radical (unpaired) electrons. The second-order valence-corrected chi connectivity index (χ2v) is 10.5. The number of nitrogens with one attached hydrogen (secondary N) is 1. The van der Waals surface area contributed by atoms with Crippen LogP contribution in [0.25, 0.3) is 16.9 Å². The topological polar surface area (TPSA) is 98.2 Å². The first-order chi connectivity index (χ1) is 15.8. The van der Waals surface area contributed by atoms with E-state index in [9.17, 15) is 4.79 Å². The Morgan fingerprint density at radius 3 is 2.82 bits per heavy atom. The number of rotatable bonds is 8. The van der Waals surface area contributed by atoms with Crippen LogP contribution in [0.4, 0.5) is 11.8 Å². The standard InChI is InChI=1S/C22H19Cl3N6OS/c23-12-3-4-13(14(24)10-12)15-11-16-27-8-9-31(16)21(29-15)28-7-1-2-17-30-20(26)18(33-17)19(32)22(25)5-6-22/h3-4,8-11H,1-2,5-7,26H2,(H,28,29). The largest absolute Gasteiger partial charge is 0.382 e. The minimum atomic E-state index is -0.765. The summed E-state index contributed by atoms with van der Waals surface area (Å²) in [4.78, 5) is 25.7. The molecule has 7 nitrogen and oxygen atoms in total. The molecule has 170 valence electrons. The molecule has 3 aromatic heterocycles. The molecule has 3 heterocycles. The van der Waals surface area contributed by atoms with E-state index < -0.39 is 4.87 Å². The number of carbonyl (C=O) groups excluding carboxylic acids is 1. The van der Waals surface area contributed by atoms with Gasteiger partial charge in [0, 0.05) is 42.0 Å². The number of hydrogen-bond donors (Lipinski definition) is 2. The second kappa shape index (κ2) is 8.76. The predicted octanol–water partition coefficient (Wildman–Crippen LogP) is 5.74. The molecule has 4 aromatic rings. The van der Waals surface area contributed by atoms with Crippen molar-refractivity contribution in [2.45, 2.75) is 30.6 Å². The lowest BCUT2D eigenvalue weighted by molar-refractivity contribution is 0.0983. The number of fused-ring (bicyclic) bond motifs is 1. The summed E-state index contributed by atoms with van der Waals surface area (Å²) in [7, 11) is 0. The van der Waals surface area contributed by atoms with E-state index in [0.29, 0.717) is 52.4 Å². The van der Waals surface area contributed by atoms with Crippen molar-refractivity contribution in [2.24, 2.45) is 0 Å². The number of nitrogens with two attached hydrogens (primary N) is 1. The molecule has 1 aliphatic rings. The highest BCUT2D eigenvalue weighted by molar-refractivity contribution is 7.14. The molecule has 1 aliphatic carbocycles. The number of hydrogen-bond acceptors (Lipinski definition) is 7. The van der Waals surface area contributed by atoms with Gasteiger partial charge in [0.25, 0.3) is 0 Å². The number of alkyl halides is 1. The third kappa shape index (κ3) is 4.53. The number of thiazole rings is 1. The van der Waals surface area contributed by atoms with Crippen molar-refractivity contribution >= 4 is 69.3 Å². The Bertz CT molecular complexity index is 1360. The van der Waals surface area contributed by atoms with Crippen LogP contribution in [0.15, 0.2) is 36.7 Å². The van der Waals surface area contributed by atoms with E-state index in [4.69, 9.17) is 45.5 Å². The van der Waals surface area contributed by atoms with Crippen LogP contribution in [0.3, 0.4) is 0 Å². The highest BCUT2D eigenvalue weighted by Crippen LogP contribution is 2.46. The average Bonchev–Trinajstić information content (AvgIpc) is 3.18. The summed E-state index contributed by atoms with van der Waals surface area (Å²) in [6.45, 7) is 0.639. The summed E-state index contributed by atoms with van der Waals surface area (Å²) in [6, 6.07) is 7.19. The minimum absolute atomic E-state index is 0.104. The fourth-order valence-corrected chi connectivity index (χ4v) is 5.33. The van der Waals surface area contributed by atoms with Gasteiger partial charge >= 0.3 is 0 Å². The monoisotopic (exact) mass is 520 g/mol. The van der Waals surface area contributed by atoms with Gasteiger partial charge in [0.1, 0.15) is 21.2 Å². The molecule has 1 aromatic carbocycles. The molecule has 0 amide bonds. The van der Waals surface area contributed by atoms with Gasteiger partial charge in [-0.05, 0) is 37.5 Å². The van der Waals surface area contributed by atoms with Gasteiger partial charge in [-0.2, -0.15) is 0 Å². The number of halogens is 3. The predicted molar refractivity (Wildman–Crippen MR) is 134 cm³/mol. The molecule has 1 fully saturated rings. The van der Waals surface area contributed by atoms with E-state index in [1.807, 2.05) is 22.7 Å². The van der Waals surface area contributed by atoms with Gasteiger partial charge in [0.05, 0.1) is 15.7 Å². The Morgan fingerprint density at radius 1 is 1.24 bits per heavy atom. The molecule has 0 unspecified atom stereocenters. The highest BCUT2D eigenvalue weighted by Gasteiger charge is 2.49. The number of benzene rings is 1. The SMILES string of the molecule is Nc1nc(CCCNc2nc(-c3ccc(Cl)cc3Cl)cc3nccn23)sc1C(=O)C1(Cl)CC1. The molecule has 33 heavy (non-hydrogen) atoms. The van der Waals surface area contributed by atoms with Crippen LogP contribution < -0.4 is 11.1 Å². The zero-order valence-electron chi connectivity index (χ0n) is 17.3. The third-order valence-electron chi connectivity index (χ3n) is 5.45. The first kappa shape index (κ1) is 22.4. The van der Waals surface area contributed by atoms with Crippen molar-refractivity contribution in [3.63, 3.8) is 0 Å².